The summed E-state index contributed by atoms with van der Waals surface area (Å²) in [5.74, 6) is 0.338. The molecular weight excluding hydrogens is 277 g/mol. The van der Waals surface area contributed by atoms with Gasteiger partial charge in [0.1, 0.15) is 0 Å². The van der Waals surface area contributed by atoms with Gasteiger partial charge in [-0.15, -0.1) is 10.2 Å². The van der Waals surface area contributed by atoms with Gasteiger partial charge in [0.05, 0.1) is 6.54 Å². The van der Waals surface area contributed by atoms with E-state index >= 15 is 0 Å². The summed E-state index contributed by atoms with van der Waals surface area (Å²) in [5.41, 5.74) is 0. The average molecular weight is 292 g/mol. The van der Waals surface area contributed by atoms with Gasteiger partial charge < -0.3 is 9.80 Å². The summed E-state index contributed by atoms with van der Waals surface area (Å²) in [4.78, 5) is 19.2. The molecule has 1 aromatic heterocycles. The van der Waals surface area contributed by atoms with Crippen LogP contribution in [0.2, 0.25) is 10.4 Å². The zero-order valence-corrected chi connectivity index (χ0v) is 12.0. The number of amides is 1. The summed E-state index contributed by atoms with van der Waals surface area (Å²) >= 11 is 11.5. The first kappa shape index (κ1) is 14.9. The maximum absolute atomic E-state index is 11.9. The number of carbonyl (C=O) groups excluding carboxylic acids is 1. The fraction of sp³-hybridized carbons (Fsp3) is 0.600. The van der Waals surface area contributed by atoms with Crippen molar-refractivity contribution in [1.29, 1.82) is 0 Å². The molecule has 1 rings (SSSR count). The highest BCUT2D eigenvalue weighted by molar-refractivity contribution is 6.32. The van der Waals surface area contributed by atoms with E-state index in [1.54, 1.807) is 16.8 Å². The van der Waals surface area contributed by atoms with Crippen LogP contribution in [0, 0.1) is 0 Å². The molecule has 0 spiro atoms. The first-order valence-corrected chi connectivity index (χ1v) is 6.29. The minimum atomic E-state index is -0.00620. The van der Waals surface area contributed by atoms with Gasteiger partial charge in [-0.2, -0.15) is 4.98 Å². The van der Waals surface area contributed by atoms with Gasteiger partial charge in [0.25, 0.3) is 0 Å². The third kappa shape index (κ3) is 3.68. The van der Waals surface area contributed by atoms with E-state index in [2.05, 4.69) is 15.2 Å². The molecule has 18 heavy (non-hydrogen) atoms. The first-order valence-electron chi connectivity index (χ1n) is 5.54. The molecule has 0 aliphatic rings. The van der Waals surface area contributed by atoms with Crippen LogP contribution in [0.25, 0.3) is 0 Å². The fourth-order valence-electron chi connectivity index (χ4n) is 1.48. The highest BCUT2D eigenvalue weighted by Crippen LogP contribution is 2.20. The van der Waals surface area contributed by atoms with E-state index in [-0.39, 0.29) is 22.9 Å². The molecule has 0 bridgehead atoms. The summed E-state index contributed by atoms with van der Waals surface area (Å²) in [5, 5.41) is 7.28. The molecule has 0 radical (unpaired) electrons. The zero-order chi connectivity index (χ0) is 13.7. The predicted molar refractivity (Wildman–Crippen MR) is 71.0 cm³/mol. The van der Waals surface area contributed by atoms with Crippen molar-refractivity contribution in [2.24, 2.45) is 0 Å². The van der Waals surface area contributed by atoms with Gasteiger partial charge >= 0.3 is 0 Å². The summed E-state index contributed by atoms with van der Waals surface area (Å²) in [6.45, 7) is 5.35. The van der Waals surface area contributed by atoms with Gasteiger partial charge in [0.15, 0.2) is 11.0 Å². The highest BCUT2D eigenvalue weighted by Gasteiger charge is 2.17. The van der Waals surface area contributed by atoms with Crippen molar-refractivity contribution in [1.82, 2.24) is 20.1 Å². The van der Waals surface area contributed by atoms with Crippen molar-refractivity contribution in [3.63, 3.8) is 0 Å². The van der Waals surface area contributed by atoms with Crippen LogP contribution in [0.1, 0.15) is 13.8 Å². The third-order valence-corrected chi connectivity index (χ3v) is 2.86. The maximum Gasteiger partial charge on any atom is 0.245 e. The number of anilines is 1. The molecule has 0 saturated heterocycles. The Balaban J connectivity index is 2.79. The quantitative estimate of drug-likeness (QED) is 0.822. The standard InChI is InChI=1S/C10H15Cl2N5O/c1-4-17(5-2)7(18)6-16(3)9-8(11)14-15-10(12)13-9/h4-6H2,1-3H3. The van der Waals surface area contributed by atoms with Gasteiger partial charge in [-0.1, -0.05) is 11.6 Å². The number of nitrogens with zero attached hydrogens (tertiary/aromatic N) is 5. The lowest BCUT2D eigenvalue weighted by Gasteiger charge is -2.23. The molecule has 1 aromatic rings. The summed E-state index contributed by atoms with van der Waals surface area (Å²) in [7, 11) is 1.70. The van der Waals surface area contributed by atoms with Crippen molar-refractivity contribution in [3.05, 3.63) is 10.4 Å². The summed E-state index contributed by atoms with van der Waals surface area (Å²) in [6, 6.07) is 0. The Bertz CT molecular complexity index is 425. The molecular formula is C10H15Cl2N5O. The van der Waals surface area contributed by atoms with Crippen LogP contribution in [-0.4, -0.2) is 52.7 Å². The topological polar surface area (TPSA) is 62.2 Å². The minimum absolute atomic E-state index is 0.00321. The van der Waals surface area contributed by atoms with Crippen LogP contribution in [0.15, 0.2) is 0 Å². The van der Waals surface area contributed by atoms with Crippen LogP contribution in [-0.2, 0) is 4.79 Å². The normalized spacial score (nSPS) is 10.3. The second kappa shape index (κ2) is 6.70. The SMILES string of the molecule is CCN(CC)C(=O)CN(C)c1nc(Cl)nnc1Cl. The molecule has 0 fully saturated rings. The second-order valence-corrected chi connectivity index (χ2v) is 4.31. The van der Waals surface area contributed by atoms with E-state index in [0.29, 0.717) is 18.9 Å². The number of likely N-dealkylation sites (N-methyl/N-ethyl adjacent to an activating group) is 2. The van der Waals surface area contributed by atoms with E-state index in [9.17, 15) is 4.79 Å². The van der Waals surface area contributed by atoms with Gasteiger partial charge in [-0.3, -0.25) is 4.79 Å². The average Bonchev–Trinajstić information content (AvgIpc) is 2.33. The number of carbonyl (C=O) groups is 1. The van der Waals surface area contributed by atoms with E-state index in [1.165, 1.54) is 0 Å². The predicted octanol–water partition coefficient (Wildman–Crippen LogP) is 1.48. The Morgan fingerprint density at radius 1 is 1.22 bits per heavy atom. The van der Waals surface area contributed by atoms with Gasteiger partial charge in [-0.25, -0.2) is 0 Å². The van der Waals surface area contributed by atoms with Gasteiger partial charge in [-0.05, 0) is 25.4 Å². The first-order chi connectivity index (χ1) is 8.49. The highest BCUT2D eigenvalue weighted by atomic mass is 35.5. The Morgan fingerprint density at radius 2 is 1.83 bits per heavy atom. The molecule has 1 amide bonds. The lowest BCUT2D eigenvalue weighted by Crippen LogP contribution is -2.39. The number of aromatic nitrogens is 3. The monoisotopic (exact) mass is 291 g/mol. The third-order valence-electron chi connectivity index (χ3n) is 2.45. The number of hydrogen-bond donors (Lipinski definition) is 0. The van der Waals surface area contributed by atoms with Crippen LogP contribution < -0.4 is 4.90 Å². The van der Waals surface area contributed by atoms with E-state index in [4.69, 9.17) is 23.2 Å². The lowest BCUT2D eigenvalue weighted by molar-refractivity contribution is -0.129. The van der Waals surface area contributed by atoms with Crippen LogP contribution in [0.5, 0.6) is 0 Å². The molecule has 0 aromatic carbocycles. The number of halogens is 2. The molecule has 6 nitrogen and oxygen atoms in total. The zero-order valence-electron chi connectivity index (χ0n) is 10.5. The smallest absolute Gasteiger partial charge is 0.245 e. The molecule has 0 N–H and O–H groups in total. The molecule has 0 atom stereocenters. The van der Waals surface area contributed by atoms with E-state index in [1.807, 2.05) is 13.8 Å². The second-order valence-electron chi connectivity index (χ2n) is 3.62. The molecule has 0 unspecified atom stereocenters. The molecule has 8 heteroatoms. The molecule has 100 valence electrons. The van der Waals surface area contributed by atoms with E-state index < -0.39 is 0 Å². The minimum Gasteiger partial charge on any atom is -0.348 e. The van der Waals surface area contributed by atoms with Crippen molar-refractivity contribution in [3.8, 4) is 0 Å². The lowest BCUT2D eigenvalue weighted by atomic mass is 10.4. The van der Waals surface area contributed by atoms with Crippen LogP contribution in [0.4, 0.5) is 5.82 Å². The molecule has 0 saturated carbocycles. The largest absolute Gasteiger partial charge is 0.348 e. The Labute approximate surface area is 116 Å². The summed E-state index contributed by atoms with van der Waals surface area (Å²) in [6.07, 6.45) is 0. The van der Waals surface area contributed by atoms with Gasteiger partial charge in [0, 0.05) is 20.1 Å². The number of rotatable bonds is 5. The van der Waals surface area contributed by atoms with Gasteiger partial charge in [0.2, 0.25) is 11.2 Å². The number of hydrogen-bond acceptors (Lipinski definition) is 5. The fourth-order valence-corrected chi connectivity index (χ4v) is 1.82. The van der Waals surface area contributed by atoms with Crippen LogP contribution in [0.3, 0.4) is 0 Å². The van der Waals surface area contributed by atoms with Crippen molar-refractivity contribution >= 4 is 34.9 Å². The molecule has 1 heterocycles. The Hall–Kier alpha value is -1.14. The van der Waals surface area contributed by atoms with Crippen molar-refractivity contribution in [2.75, 3.05) is 31.6 Å². The Kier molecular flexibility index (Phi) is 5.55. The van der Waals surface area contributed by atoms with Crippen molar-refractivity contribution < 1.29 is 4.79 Å². The van der Waals surface area contributed by atoms with E-state index in [0.717, 1.165) is 0 Å². The molecule has 0 aliphatic carbocycles. The summed E-state index contributed by atoms with van der Waals surface area (Å²) < 4.78 is 0. The maximum atomic E-state index is 11.9. The van der Waals surface area contributed by atoms with Crippen molar-refractivity contribution in [2.45, 2.75) is 13.8 Å². The van der Waals surface area contributed by atoms with Crippen LogP contribution >= 0.6 is 23.2 Å². The molecule has 0 aliphatic heterocycles. The Morgan fingerprint density at radius 3 is 2.39 bits per heavy atom.